The third-order valence-electron chi connectivity index (χ3n) is 4.21. The third kappa shape index (κ3) is 4.39. The van der Waals surface area contributed by atoms with Crippen LogP contribution in [0.5, 0.6) is 0 Å². The molecule has 29 heavy (non-hydrogen) atoms. The summed E-state index contributed by atoms with van der Waals surface area (Å²) < 4.78 is 56.5. The lowest BCUT2D eigenvalue weighted by Gasteiger charge is -2.07. The zero-order valence-corrected chi connectivity index (χ0v) is 15.4. The molecule has 0 aliphatic carbocycles. The average Bonchev–Trinajstić information content (AvgIpc) is 2.74. The third-order valence-corrected chi connectivity index (χ3v) is 4.21. The van der Waals surface area contributed by atoms with Crippen LogP contribution < -0.4 is 0 Å². The van der Waals surface area contributed by atoms with E-state index >= 15 is 0 Å². The zero-order chi connectivity index (χ0) is 21.0. The molecule has 0 heterocycles. The van der Waals surface area contributed by atoms with Crippen molar-refractivity contribution in [2.45, 2.75) is 6.92 Å². The normalized spacial score (nSPS) is 9.83. The molecular formula is C25H14F4. The van der Waals surface area contributed by atoms with E-state index in [-0.39, 0.29) is 11.1 Å². The van der Waals surface area contributed by atoms with Crippen molar-refractivity contribution in [2.75, 3.05) is 0 Å². The van der Waals surface area contributed by atoms with Gasteiger partial charge in [-0.1, -0.05) is 48.5 Å². The molecule has 0 aliphatic heterocycles. The van der Waals surface area contributed by atoms with Gasteiger partial charge in [0.25, 0.3) is 0 Å². The molecule has 3 aromatic rings. The Balaban J connectivity index is 2.01. The van der Waals surface area contributed by atoms with E-state index in [2.05, 4.69) is 30.3 Å². The van der Waals surface area contributed by atoms with E-state index in [4.69, 9.17) is 0 Å². The second kappa shape index (κ2) is 8.50. The number of hydrogen-bond donors (Lipinski definition) is 0. The Morgan fingerprint density at radius 2 is 1.14 bits per heavy atom. The van der Waals surface area contributed by atoms with Gasteiger partial charge in [0.15, 0.2) is 11.6 Å². The monoisotopic (exact) mass is 390 g/mol. The Morgan fingerprint density at radius 1 is 0.655 bits per heavy atom. The molecule has 0 spiro atoms. The van der Waals surface area contributed by atoms with Crippen molar-refractivity contribution in [2.24, 2.45) is 0 Å². The summed E-state index contributed by atoms with van der Waals surface area (Å²) in [6, 6.07) is 12.0. The van der Waals surface area contributed by atoms with Gasteiger partial charge in [0.2, 0.25) is 0 Å². The van der Waals surface area contributed by atoms with Gasteiger partial charge in [-0.25, -0.2) is 17.6 Å². The lowest BCUT2D eigenvalue weighted by atomic mass is 10.0. The topological polar surface area (TPSA) is 0 Å². The Labute approximate surface area is 166 Å². The van der Waals surface area contributed by atoms with Gasteiger partial charge in [0.05, 0.1) is 11.1 Å². The smallest absolute Gasteiger partial charge is 0.178 e. The van der Waals surface area contributed by atoms with Crippen molar-refractivity contribution in [3.63, 3.8) is 0 Å². The SMILES string of the molecule is C=Cc1ccc(C#Cc2c(C)c(F)c(C#Cc3ccc(F)cc3)c(F)c2F)cc1. The molecule has 0 nitrogen and oxygen atoms in total. The maximum absolute atomic E-state index is 14.6. The molecule has 3 aromatic carbocycles. The quantitative estimate of drug-likeness (QED) is 0.272. The Morgan fingerprint density at radius 3 is 1.69 bits per heavy atom. The molecule has 3 rings (SSSR count). The molecule has 142 valence electrons. The summed E-state index contributed by atoms with van der Waals surface area (Å²) >= 11 is 0. The van der Waals surface area contributed by atoms with E-state index in [1.807, 2.05) is 0 Å². The second-order valence-electron chi connectivity index (χ2n) is 6.15. The molecule has 0 aromatic heterocycles. The minimum absolute atomic E-state index is 0.137. The molecule has 0 unspecified atom stereocenters. The molecular weight excluding hydrogens is 376 g/mol. The van der Waals surface area contributed by atoms with Crippen LogP contribution in [0.3, 0.4) is 0 Å². The fourth-order valence-corrected chi connectivity index (χ4v) is 2.54. The van der Waals surface area contributed by atoms with E-state index in [1.54, 1.807) is 30.3 Å². The van der Waals surface area contributed by atoms with Crippen molar-refractivity contribution in [1.29, 1.82) is 0 Å². The first kappa shape index (κ1) is 20.0. The fraction of sp³-hybridized carbons (Fsp3) is 0.0400. The summed E-state index contributed by atoms with van der Waals surface area (Å²) in [6.45, 7) is 4.96. The van der Waals surface area contributed by atoms with Gasteiger partial charge < -0.3 is 0 Å². The van der Waals surface area contributed by atoms with E-state index in [0.717, 1.165) is 5.56 Å². The van der Waals surface area contributed by atoms with Crippen molar-refractivity contribution in [3.8, 4) is 23.7 Å². The van der Waals surface area contributed by atoms with Crippen LogP contribution >= 0.6 is 0 Å². The molecule has 0 saturated heterocycles. The first-order valence-corrected chi connectivity index (χ1v) is 8.60. The number of halogens is 4. The predicted molar refractivity (Wildman–Crippen MR) is 106 cm³/mol. The van der Waals surface area contributed by atoms with Crippen LogP contribution in [0.25, 0.3) is 6.08 Å². The van der Waals surface area contributed by atoms with Gasteiger partial charge >= 0.3 is 0 Å². The zero-order valence-electron chi connectivity index (χ0n) is 15.4. The Bertz CT molecular complexity index is 1170. The minimum atomic E-state index is -1.41. The van der Waals surface area contributed by atoms with E-state index in [1.165, 1.54) is 31.2 Å². The Kier molecular flexibility index (Phi) is 5.86. The van der Waals surface area contributed by atoms with Crippen LogP contribution in [0.2, 0.25) is 0 Å². The van der Waals surface area contributed by atoms with Crippen LogP contribution in [-0.4, -0.2) is 0 Å². The first-order valence-electron chi connectivity index (χ1n) is 8.60. The summed E-state index contributed by atoms with van der Waals surface area (Å²) in [5.74, 6) is 5.89. The summed E-state index contributed by atoms with van der Waals surface area (Å²) in [5.41, 5.74) is 0.609. The minimum Gasteiger partial charge on any atom is -0.207 e. The molecule has 0 radical (unpaired) electrons. The van der Waals surface area contributed by atoms with Crippen LogP contribution in [0, 0.1) is 53.9 Å². The summed E-state index contributed by atoms with van der Waals surface area (Å²) in [7, 11) is 0. The largest absolute Gasteiger partial charge is 0.207 e. The summed E-state index contributed by atoms with van der Waals surface area (Å²) in [6.07, 6.45) is 1.66. The van der Waals surface area contributed by atoms with Gasteiger partial charge in [-0.05, 0) is 48.9 Å². The average molecular weight is 390 g/mol. The first-order chi connectivity index (χ1) is 13.9. The molecule has 0 amide bonds. The summed E-state index contributed by atoms with van der Waals surface area (Å²) in [5, 5.41) is 0. The second-order valence-corrected chi connectivity index (χ2v) is 6.15. The van der Waals surface area contributed by atoms with E-state index in [0.29, 0.717) is 11.1 Å². The molecule has 0 fully saturated rings. The molecule has 4 heteroatoms. The van der Waals surface area contributed by atoms with Gasteiger partial charge in [-0.15, -0.1) is 0 Å². The predicted octanol–water partition coefficient (Wildman–Crippen LogP) is 5.99. The van der Waals surface area contributed by atoms with E-state index in [9.17, 15) is 17.6 Å². The Hall–Kier alpha value is -3.76. The molecule has 0 atom stereocenters. The summed E-state index contributed by atoms with van der Waals surface area (Å²) in [4.78, 5) is 0. The lowest BCUT2D eigenvalue weighted by Crippen LogP contribution is -2.03. The standard InChI is InChI=1S/C25H14F4/c1-3-17-4-6-18(7-5-17)10-14-21-16(2)23(27)22(25(29)24(21)28)15-11-19-8-12-20(26)13-9-19/h3-9,12-13H,1H2,2H3. The van der Waals surface area contributed by atoms with E-state index < -0.39 is 28.8 Å². The van der Waals surface area contributed by atoms with Crippen LogP contribution in [0.4, 0.5) is 17.6 Å². The lowest BCUT2D eigenvalue weighted by molar-refractivity contribution is 0.486. The molecule has 0 N–H and O–H groups in total. The maximum atomic E-state index is 14.6. The van der Waals surface area contributed by atoms with Crippen LogP contribution in [0.15, 0.2) is 55.1 Å². The molecule has 0 saturated carbocycles. The highest BCUT2D eigenvalue weighted by Crippen LogP contribution is 2.24. The number of benzene rings is 3. The van der Waals surface area contributed by atoms with Crippen molar-refractivity contribution in [3.05, 3.63) is 112 Å². The number of hydrogen-bond acceptors (Lipinski definition) is 0. The van der Waals surface area contributed by atoms with Crippen molar-refractivity contribution < 1.29 is 17.6 Å². The van der Waals surface area contributed by atoms with Crippen molar-refractivity contribution in [1.82, 2.24) is 0 Å². The van der Waals surface area contributed by atoms with Gasteiger partial charge in [-0.2, -0.15) is 0 Å². The van der Waals surface area contributed by atoms with Gasteiger partial charge in [0, 0.05) is 16.7 Å². The maximum Gasteiger partial charge on any atom is 0.178 e. The van der Waals surface area contributed by atoms with Crippen LogP contribution in [0.1, 0.15) is 33.4 Å². The highest BCUT2D eigenvalue weighted by Gasteiger charge is 2.20. The fourth-order valence-electron chi connectivity index (χ4n) is 2.54. The van der Waals surface area contributed by atoms with Gasteiger partial charge in [0.1, 0.15) is 11.6 Å². The molecule has 0 bridgehead atoms. The number of rotatable bonds is 1. The van der Waals surface area contributed by atoms with Gasteiger partial charge in [-0.3, -0.25) is 0 Å². The highest BCUT2D eigenvalue weighted by molar-refractivity contribution is 5.55. The van der Waals surface area contributed by atoms with Crippen molar-refractivity contribution >= 4 is 6.08 Å². The van der Waals surface area contributed by atoms with Crippen LogP contribution in [-0.2, 0) is 0 Å². The molecule has 0 aliphatic rings. The highest BCUT2D eigenvalue weighted by atomic mass is 19.2.